The number of nitrogens with zero attached hydrogens (tertiary/aromatic N) is 2. The summed E-state index contributed by atoms with van der Waals surface area (Å²) in [5, 5.41) is 17.7. The van der Waals surface area contributed by atoms with Gasteiger partial charge in [-0.15, -0.1) is 13.2 Å². The molecule has 0 unspecified atom stereocenters. The summed E-state index contributed by atoms with van der Waals surface area (Å²) in [6, 6.07) is 7.44. The molecule has 0 saturated carbocycles. The number of nitrogens with one attached hydrogen (secondary N) is 1. The quantitative estimate of drug-likeness (QED) is 0.901. The molecule has 2 N–H and O–H groups in total. The Balaban J connectivity index is 1.82. The van der Waals surface area contributed by atoms with Crippen LogP contribution in [0, 0.1) is 6.92 Å². The molecule has 2 aromatic rings. The van der Waals surface area contributed by atoms with Gasteiger partial charge in [0.15, 0.2) is 0 Å². The molecule has 1 aromatic heterocycles. The number of aliphatic hydroxyl groups excluding tert-OH is 1. The Morgan fingerprint density at radius 1 is 1.29 bits per heavy atom. The zero-order valence-electron chi connectivity index (χ0n) is 13.0. The molecule has 2 heterocycles. The highest BCUT2D eigenvalue weighted by atomic mass is 19.4. The lowest BCUT2D eigenvalue weighted by molar-refractivity contribution is -0.274. The lowest BCUT2D eigenvalue weighted by Crippen LogP contribution is -2.39. The summed E-state index contributed by atoms with van der Waals surface area (Å²) < 4.78 is 42.1. The smallest absolute Gasteiger partial charge is 0.406 e. The van der Waals surface area contributed by atoms with Gasteiger partial charge in [0.1, 0.15) is 5.75 Å². The number of benzene rings is 1. The predicted molar refractivity (Wildman–Crippen MR) is 81.2 cm³/mol. The van der Waals surface area contributed by atoms with E-state index in [4.69, 9.17) is 0 Å². The Morgan fingerprint density at radius 3 is 2.62 bits per heavy atom. The molecule has 0 aliphatic carbocycles. The van der Waals surface area contributed by atoms with Gasteiger partial charge in [0, 0.05) is 18.2 Å². The van der Waals surface area contributed by atoms with Crippen molar-refractivity contribution in [2.24, 2.45) is 0 Å². The third-order valence-electron chi connectivity index (χ3n) is 4.05. The van der Waals surface area contributed by atoms with Gasteiger partial charge in [-0.05, 0) is 50.2 Å². The average molecular weight is 341 g/mol. The maximum atomic E-state index is 12.2. The van der Waals surface area contributed by atoms with Gasteiger partial charge < -0.3 is 15.2 Å². The molecule has 0 amide bonds. The molecule has 24 heavy (non-hydrogen) atoms. The van der Waals surface area contributed by atoms with Crippen LogP contribution in [0.3, 0.4) is 0 Å². The summed E-state index contributed by atoms with van der Waals surface area (Å²) >= 11 is 0. The molecule has 1 aliphatic heterocycles. The monoisotopic (exact) mass is 341 g/mol. The van der Waals surface area contributed by atoms with Crippen molar-refractivity contribution in [2.45, 2.75) is 31.7 Å². The van der Waals surface area contributed by atoms with Gasteiger partial charge in [0.25, 0.3) is 0 Å². The molecule has 3 rings (SSSR count). The minimum absolute atomic E-state index is 0.0426. The van der Waals surface area contributed by atoms with E-state index in [1.807, 2.05) is 13.0 Å². The van der Waals surface area contributed by atoms with E-state index in [0.29, 0.717) is 12.2 Å². The molecule has 8 heteroatoms. The lowest BCUT2D eigenvalue weighted by atomic mass is 9.92. The first-order chi connectivity index (χ1) is 11.3. The largest absolute Gasteiger partial charge is 0.573 e. The number of rotatable bonds is 3. The minimum atomic E-state index is -4.71. The van der Waals surface area contributed by atoms with Crippen LogP contribution in [-0.4, -0.2) is 40.4 Å². The number of hydrogen-bond donors (Lipinski definition) is 2. The fourth-order valence-corrected chi connectivity index (χ4v) is 2.92. The van der Waals surface area contributed by atoms with Gasteiger partial charge in [-0.2, -0.15) is 5.10 Å². The van der Waals surface area contributed by atoms with E-state index in [2.05, 4.69) is 15.2 Å². The zero-order chi connectivity index (χ0) is 17.3. The molecule has 130 valence electrons. The Kier molecular flexibility index (Phi) is 4.51. The van der Waals surface area contributed by atoms with Crippen molar-refractivity contribution in [1.29, 1.82) is 0 Å². The topological polar surface area (TPSA) is 59.3 Å². The summed E-state index contributed by atoms with van der Waals surface area (Å²) in [5.41, 5.74) is 2.27. The van der Waals surface area contributed by atoms with E-state index in [-0.39, 0.29) is 11.7 Å². The van der Waals surface area contributed by atoms with E-state index in [1.165, 1.54) is 24.3 Å². The predicted octanol–water partition coefficient (Wildman–Crippen LogP) is 2.52. The molecule has 1 aliphatic rings. The molecule has 1 saturated heterocycles. The van der Waals surface area contributed by atoms with Crippen molar-refractivity contribution < 1.29 is 23.0 Å². The van der Waals surface area contributed by atoms with Gasteiger partial charge in [0.05, 0.1) is 17.5 Å². The molecule has 1 fully saturated rings. The maximum absolute atomic E-state index is 12.2. The van der Waals surface area contributed by atoms with Gasteiger partial charge >= 0.3 is 6.36 Å². The highest BCUT2D eigenvalue weighted by Gasteiger charge is 2.31. The first kappa shape index (κ1) is 16.8. The van der Waals surface area contributed by atoms with Gasteiger partial charge in [-0.1, -0.05) is 0 Å². The van der Waals surface area contributed by atoms with Crippen LogP contribution in [0.5, 0.6) is 5.75 Å². The molecule has 5 nitrogen and oxygen atoms in total. The summed E-state index contributed by atoms with van der Waals surface area (Å²) in [6.45, 7) is 3.21. The first-order valence-electron chi connectivity index (χ1n) is 7.65. The van der Waals surface area contributed by atoms with Gasteiger partial charge in [-0.25, -0.2) is 4.68 Å². The number of aromatic nitrogens is 2. The Labute approximate surface area is 137 Å². The van der Waals surface area contributed by atoms with E-state index in [9.17, 15) is 18.3 Å². The number of ether oxygens (including phenoxy) is 1. The van der Waals surface area contributed by atoms with Crippen molar-refractivity contribution in [3.63, 3.8) is 0 Å². The van der Waals surface area contributed by atoms with Crippen molar-refractivity contribution in [3.8, 4) is 11.4 Å². The summed E-state index contributed by atoms with van der Waals surface area (Å²) in [7, 11) is 0. The molecular formula is C16H18F3N3O2. The summed E-state index contributed by atoms with van der Waals surface area (Å²) in [6.07, 6.45) is -4.42. The Bertz CT molecular complexity index is 698. The number of halogens is 3. The van der Waals surface area contributed by atoms with Crippen LogP contribution in [0.25, 0.3) is 5.69 Å². The van der Waals surface area contributed by atoms with Crippen molar-refractivity contribution in [3.05, 3.63) is 41.7 Å². The number of β-amino-alcohol motifs (C(OH)–C–C–N with tert-alkyl or cyclic N) is 1. The van der Waals surface area contributed by atoms with Crippen molar-refractivity contribution >= 4 is 0 Å². The fraction of sp³-hybridized carbons (Fsp3) is 0.438. The van der Waals surface area contributed by atoms with Crippen LogP contribution >= 0.6 is 0 Å². The van der Waals surface area contributed by atoms with Crippen LogP contribution in [-0.2, 0) is 0 Å². The number of piperidine rings is 1. The van der Waals surface area contributed by atoms with E-state index >= 15 is 0 Å². The van der Waals surface area contributed by atoms with Gasteiger partial charge in [0.2, 0.25) is 0 Å². The Morgan fingerprint density at radius 2 is 2.00 bits per heavy atom. The number of hydrogen-bond acceptors (Lipinski definition) is 4. The standard InChI is InChI=1S/C16H18F3N3O2/c1-10-8-14(13-6-7-20-9-15(13)23)21-22(10)11-2-4-12(5-3-11)24-16(17,18)19/h2-5,8,13,15,20,23H,6-7,9H2,1H3/t13-,15+/m1/s1. The van der Waals surface area contributed by atoms with Crippen molar-refractivity contribution in [2.75, 3.05) is 13.1 Å². The fourth-order valence-electron chi connectivity index (χ4n) is 2.92. The molecule has 0 spiro atoms. The van der Waals surface area contributed by atoms with Crippen LogP contribution < -0.4 is 10.1 Å². The van der Waals surface area contributed by atoms with E-state index in [0.717, 1.165) is 24.4 Å². The highest BCUT2D eigenvalue weighted by molar-refractivity contribution is 5.38. The molecular weight excluding hydrogens is 323 g/mol. The highest BCUT2D eigenvalue weighted by Crippen LogP contribution is 2.27. The molecule has 0 bridgehead atoms. The second-order valence-corrected chi connectivity index (χ2v) is 5.83. The number of alkyl halides is 3. The third kappa shape index (κ3) is 3.70. The molecule has 1 aromatic carbocycles. The Hall–Kier alpha value is -2.06. The summed E-state index contributed by atoms with van der Waals surface area (Å²) in [5.74, 6) is -0.316. The van der Waals surface area contributed by atoms with Crippen LogP contribution in [0.1, 0.15) is 23.7 Å². The number of aryl methyl sites for hydroxylation is 1. The van der Waals surface area contributed by atoms with Crippen molar-refractivity contribution in [1.82, 2.24) is 15.1 Å². The average Bonchev–Trinajstić information content (AvgIpc) is 2.89. The van der Waals surface area contributed by atoms with Crippen LogP contribution in [0.2, 0.25) is 0 Å². The second-order valence-electron chi connectivity index (χ2n) is 5.83. The first-order valence-corrected chi connectivity index (χ1v) is 7.65. The maximum Gasteiger partial charge on any atom is 0.573 e. The summed E-state index contributed by atoms with van der Waals surface area (Å²) in [4.78, 5) is 0. The minimum Gasteiger partial charge on any atom is -0.406 e. The molecule has 2 atom stereocenters. The number of aliphatic hydroxyl groups is 1. The lowest BCUT2D eigenvalue weighted by Gasteiger charge is -2.26. The molecule has 0 radical (unpaired) electrons. The van der Waals surface area contributed by atoms with E-state index < -0.39 is 12.5 Å². The van der Waals surface area contributed by atoms with Crippen LogP contribution in [0.4, 0.5) is 13.2 Å². The SMILES string of the molecule is Cc1cc([C@H]2CCNC[C@@H]2O)nn1-c1ccc(OC(F)(F)F)cc1. The zero-order valence-corrected chi connectivity index (χ0v) is 13.0. The third-order valence-corrected chi connectivity index (χ3v) is 4.05. The second kappa shape index (κ2) is 6.45. The van der Waals surface area contributed by atoms with Gasteiger partial charge in [-0.3, -0.25) is 0 Å². The normalized spacial score (nSPS) is 21.7. The van der Waals surface area contributed by atoms with E-state index in [1.54, 1.807) is 4.68 Å². The van der Waals surface area contributed by atoms with Crippen LogP contribution in [0.15, 0.2) is 30.3 Å².